The Morgan fingerprint density at radius 3 is 2.93 bits per heavy atom. The second-order valence-electron chi connectivity index (χ2n) is 2.76. The summed E-state index contributed by atoms with van der Waals surface area (Å²) in [7, 11) is 0. The Hall–Kier alpha value is -0.590. The molecule has 0 radical (unpaired) electrons. The summed E-state index contributed by atoms with van der Waals surface area (Å²) in [6.07, 6.45) is -1.09. The molecule has 1 atom stereocenters. The molecule has 0 fully saturated rings. The van der Waals surface area contributed by atoms with Gasteiger partial charge in [-0.3, -0.25) is 4.79 Å². The zero-order valence-corrected chi connectivity index (χ0v) is 9.64. The van der Waals surface area contributed by atoms with Crippen LogP contribution in [0.1, 0.15) is 6.42 Å². The summed E-state index contributed by atoms with van der Waals surface area (Å²) in [6, 6.07) is 1.87. The quantitative estimate of drug-likeness (QED) is 0.768. The van der Waals surface area contributed by atoms with E-state index in [2.05, 4.69) is 21.2 Å². The van der Waals surface area contributed by atoms with Gasteiger partial charge in [-0.25, -0.2) is 0 Å². The second kappa shape index (κ2) is 5.33. The van der Waals surface area contributed by atoms with Crippen molar-refractivity contribution in [3.63, 3.8) is 0 Å². The van der Waals surface area contributed by atoms with E-state index in [0.29, 0.717) is 0 Å². The normalized spacial score (nSPS) is 12.4. The average Bonchev–Trinajstić information content (AvgIpc) is 2.47. The molecule has 1 unspecified atom stereocenters. The maximum atomic E-state index is 10.2. The van der Waals surface area contributed by atoms with Gasteiger partial charge in [-0.15, -0.1) is 11.3 Å². The topological polar surface area (TPSA) is 69.6 Å². The lowest BCUT2D eigenvalue weighted by atomic mass is 10.2. The van der Waals surface area contributed by atoms with Crippen molar-refractivity contribution in [1.29, 1.82) is 0 Å². The van der Waals surface area contributed by atoms with Gasteiger partial charge in [0.05, 0.1) is 17.5 Å². The SMILES string of the molecule is O=C(O)CC(O)CNc1cc(Br)cs1. The molecule has 0 saturated heterocycles. The molecule has 1 aromatic rings. The largest absolute Gasteiger partial charge is 0.481 e. The van der Waals surface area contributed by atoms with Crippen molar-refractivity contribution in [2.75, 3.05) is 11.9 Å². The fourth-order valence-electron chi connectivity index (χ4n) is 0.898. The van der Waals surface area contributed by atoms with E-state index in [0.717, 1.165) is 9.47 Å². The summed E-state index contributed by atoms with van der Waals surface area (Å²) in [5, 5.41) is 23.4. The number of hydrogen-bond donors (Lipinski definition) is 3. The fourth-order valence-corrected chi connectivity index (χ4v) is 2.23. The third-order valence-electron chi connectivity index (χ3n) is 1.49. The number of halogens is 1. The zero-order valence-electron chi connectivity index (χ0n) is 7.24. The predicted octanol–water partition coefficient (Wildman–Crippen LogP) is 1.76. The van der Waals surface area contributed by atoms with E-state index < -0.39 is 12.1 Å². The highest BCUT2D eigenvalue weighted by Gasteiger charge is 2.09. The van der Waals surface area contributed by atoms with Crippen LogP contribution in [0.4, 0.5) is 5.00 Å². The summed E-state index contributed by atoms with van der Waals surface area (Å²) in [5.41, 5.74) is 0. The van der Waals surface area contributed by atoms with Crippen molar-refractivity contribution >= 4 is 38.2 Å². The van der Waals surface area contributed by atoms with E-state index in [-0.39, 0.29) is 13.0 Å². The number of rotatable bonds is 5. The summed E-state index contributed by atoms with van der Waals surface area (Å²) < 4.78 is 0.970. The van der Waals surface area contributed by atoms with Crippen LogP contribution < -0.4 is 5.32 Å². The standard InChI is InChI=1S/C8H10BrNO3S/c9-5-1-7(14-4-5)10-3-6(11)2-8(12)13/h1,4,6,10-11H,2-3H2,(H,12,13). The van der Waals surface area contributed by atoms with Crippen LogP contribution in [0.2, 0.25) is 0 Å². The van der Waals surface area contributed by atoms with E-state index in [1.807, 2.05) is 11.4 Å². The van der Waals surface area contributed by atoms with E-state index in [1.165, 1.54) is 11.3 Å². The number of aliphatic carboxylic acids is 1. The lowest BCUT2D eigenvalue weighted by Crippen LogP contribution is -2.22. The third-order valence-corrected chi connectivity index (χ3v) is 3.14. The van der Waals surface area contributed by atoms with Gasteiger partial charge in [0.25, 0.3) is 0 Å². The minimum Gasteiger partial charge on any atom is -0.481 e. The molecule has 0 aliphatic rings. The molecule has 0 spiro atoms. The van der Waals surface area contributed by atoms with Crippen molar-refractivity contribution < 1.29 is 15.0 Å². The van der Waals surface area contributed by atoms with Gasteiger partial charge < -0.3 is 15.5 Å². The molecule has 1 rings (SSSR count). The van der Waals surface area contributed by atoms with Crippen molar-refractivity contribution in [2.24, 2.45) is 0 Å². The molecule has 0 aliphatic heterocycles. The van der Waals surface area contributed by atoms with Gasteiger partial charge in [-0.2, -0.15) is 0 Å². The molecule has 0 bridgehead atoms. The first-order valence-electron chi connectivity index (χ1n) is 3.95. The first-order valence-corrected chi connectivity index (χ1v) is 5.63. The monoisotopic (exact) mass is 279 g/mol. The van der Waals surface area contributed by atoms with Crippen LogP contribution in [0.3, 0.4) is 0 Å². The maximum absolute atomic E-state index is 10.2. The van der Waals surface area contributed by atoms with Crippen LogP contribution in [-0.4, -0.2) is 28.8 Å². The van der Waals surface area contributed by atoms with Crippen molar-refractivity contribution in [2.45, 2.75) is 12.5 Å². The first kappa shape index (κ1) is 11.5. The number of aliphatic hydroxyl groups is 1. The van der Waals surface area contributed by atoms with E-state index in [4.69, 9.17) is 5.11 Å². The van der Waals surface area contributed by atoms with Crippen LogP contribution in [0.25, 0.3) is 0 Å². The highest BCUT2D eigenvalue weighted by atomic mass is 79.9. The van der Waals surface area contributed by atoms with Crippen molar-refractivity contribution in [3.05, 3.63) is 15.9 Å². The molecule has 1 aromatic heterocycles. The van der Waals surface area contributed by atoms with Crippen LogP contribution in [0.15, 0.2) is 15.9 Å². The van der Waals surface area contributed by atoms with Crippen LogP contribution in [0.5, 0.6) is 0 Å². The van der Waals surface area contributed by atoms with E-state index >= 15 is 0 Å². The molecule has 0 aliphatic carbocycles. The second-order valence-corrected chi connectivity index (χ2v) is 4.59. The first-order chi connectivity index (χ1) is 6.58. The summed E-state index contributed by atoms with van der Waals surface area (Å²) in [4.78, 5) is 10.2. The molecule has 0 amide bonds. The summed E-state index contributed by atoms with van der Waals surface area (Å²) in [5.74, 6) is -0.994. The number of aliphatic hydroxyl groups excluding tert-OH is 1. The van der Waals surface area contributed by atoms with Crippen LogP contribution in [-0.2, 0) is 4.79 Å². The minimum absolute atomic E-state index is 0.237. The fraction of sp³-hybridized carbons (Fsp3) is 0.375. The number of carboxylic acid groups (broad SMARTS) is 1. The van der Waals surface area contributed by atoms with Crippen LogP contribution >= 0.6 is 27.3 Å². The Kier molecular flexibility index (Phi) is 4.37. The van der Waals surface area contributed by atoms with Crippen molar-refractivity contribution in [3.8, 4) is 0 Å². The average molecular weight is 280 g/mol. The molecule has 0 aromatic carbocycles. The Morgan fingerprint density at radius 2 is 2.43 bits per heavy atom. The molecule has 6 heteroatoms. The maximum Gasteiger partial charge on any atom is 0.306 e. The van der Waals surface area contributed by atoms with Gasteiger partial charge in [0, 0.05) is 16.4 Å². The zero-order chi connectivity index (χ0) is 10.6. The van der Waals surface area contributed by atoms with Gasteiger partial charge in [0.2, 0.25) is 0 Å². The number of carbonyl (C=O) groups is 1. The molecule has 78 valence electrons. The number of carboxylic acids is 1. The van der Waals surface area contributed by atoms with Crippen LogP contribution in [0, 0.1) is 0 Å². The molecular formula is C8H10BrNO3S. The lowest BCUT2D eigenvalue weighted by molar-refractivity contribution is -0.138. The van der Waals surface area contributed by atoms with Gasteiger partial charge in [0.15, 0.2) is 0 Å². The Bertz CT molecular complexity index is 315. The Labute approximate surface area is 93.7 Å². The molecule has 14 heavy (non-hydrogen) atoms. The van der Waals surface area contributed by atoms with Gasteiger partial charge >= 0.3 is 5.97 Å². The molecule has 4 nitrogen and oxygen atoms in total. The third kappa shape index (κ3) is 4.08. The van der Waals surface area contributed by atoms with Crippen molar-refractivity contribution in [1.82, 2.24) is 0 Å². The number of anilines is 1. The van der Waals surface area contributed by atoms with E-state index in [1.54, 1.807) is 0 Å². The highest BCUT2D eigenvalue weighted by Crippen LogP contribution is 2.24. The molecular weight excluding hydrogens is 270 g/mol. The summed E-state index contributed by atoms with van der Waals surface area (Å²) >= 11 is 4.79. The highest BCUT2D eigenvalue weighted by molar-refractivity contribution is 9.10. The lowest BCUT2D eigenvalue weighted by Gasteiger charge is -2.08. The predicted molar refractivity (Wildman–Crippen MR) is 58.8 cm³/mol. The van der Waals surface area contributed by atoms with Gasteiger partial charge in [-0.1, -0.05) is 0 Å². The molecule has 0 saturated carbocycles. The minimum atomic E-state index is -0.994. The van der Waals surface area contributed by atoms with E-state index in [9.17, 15) is 9.90 Å². The smallest absolute Gasteiger partial charge is 0.306 e. The number of hydrogen-bond acceptors (Lipinski definition) is 4. The molecule has 3 N–H and O–H groups in total. The van der Waals surface area contributed by atoms with Gasteiger partial charge in [0.1, 0.15) is 0 Å². The Morgan fingerprint density at radius 1 is 1.71 bits per heavy atom. The number of thiophene rings is 1. The summed E-state index contributed by atoms with van der Waals surface area (Å²) in [6.45, 7) is 0.249. The molecule has 1 heterocycles. The van der Waals surface area contributed by atoms with Gasteiger partial charge in [-0.05, 0) is 22.0 Å². The number of nitrogens with one attached hydrogen (secondary N) is 1. The Balaban J connectivity index is 2.30.